The average molecular weight is 443 g/mol. The van der Waals surface area contributed by atoms with Gasteiger partial charge >= 0.3 is 6.03 Å². The van der Waals surface area contributed by atoms with Crippen LogP contribution >= 0.6 is 34.5 Å². The highest BCUT2D eigenvalue weighted by Crippen LogP contribution is 2.41. The van der Waals surface area contributed by atoms with Gasteiger partial charge in [0.1, 0.15) is 11.0 Å². The molecule has 152 valence electrons. The van der Waals surface area contributed by atoms with Gasteiger partial charge in [-0.25, -0.2) is 9.69 Å². The molecule has 2 atom stereocenters. The number of halogens is 2. The Morgan fingerprint density at radius 3 is 2.50 bits per heavy atom. The van der Waals surface area contributed by atoms with Gasteiger partial charge in [0.2, 0.25) is 5.13 Å². The molecule has 0 unspecified atom stereocenters. The molecule has 0 spiro atoms. The number of aliphatic hydroxyl groups is 1. The first kappa shape index (κ1) is 21.3. The number of rotatable bonds is 5. The van der Waals surface area contributed by atoms with Gasteiger partial charge in [-0.3, -0.25) is 0 Å². The van der Waals surface area contributed by atoms with E-state index in [1.54, 1.807) is 23.1 Å². The van der Waals surface area contributed by atoms with Crippen LogP contribution in [0.4, 0.5) is 9.93 Å². The van der Waals surface area contributed by atoms with Gasteiger partial charge in [-0.1, -0.05) is 74.7 Å². The molecule has 28 heavy (non-hydrogen) atoms. The number of aliphatic hydroxyl groups excluding tert-OH is 1. The third-order valence-electron chi connectivity index (χ3n) is 4.63. The van der Waals surface area contributed by atoms with Crippen molar-refractivity contribution in [3.8, 4) is 0 Å². The molecule has 1 saturated heterocycles. The Balaban J connectivity index is 2.00. The van der Waals surface area contributed by atoms with Crippen molar-refractivity contribution in [2.75, 3.05) is 11.4 Å². The molecule has 1 aromatic carbocycles. The molecule has 1 aliphatic rings. The summed E-state index contributed by atoms with van der Waals surface area (Å²) in [6.07, 6.45) is 0.663. The highest BCUT2D eigenvalue weighted by molar-refractivity contribution is 7.15. The minimum atomic E-state index is -1.10. The van der Waals surface area contributed by atoms with E-state index in [2.05, 4.69) is 17.1 Å². The molecule has 0 radical (unpaired) electrons. The van der Waals surface area contributed by atoms with Crippen molar-refractivity contribution in [2.24, 2.45) is 0 Å². The van der Waals surface area contributed by atoms with E-state index in [4.69, 9.17) is 23.2 Å². The highest BCUT2D eigenvalue weighted by Gasteiger charge is 2.47. The van der Waals surface area contributed by atoms with Crippen molar-refractivity contribution in [1.29, 1.82) is 0 Å². The molecular weight excluding hydrogens is 419 g/mol. The van der Waals surface area contributed by atoms with Crippen LogP contribution in [0.25, 0.3) is 0 Å². The number of hydrogen-bond donors (Lipinski definition) is 1. The lowest BCUT2D eigenvalue weighted by atomic mass is 9.98. The topological polar surface area (TPSA) is 69.6 Å². The van der Waals surface area contributed by atoms with Gasteiger partial charge in [-0.05, 0) is 24.1 Å². The van der Waals surface area contributed by atoms with Gasteiger partial charge in [0.15, 0.2) is 6.23 Å². The SMILES string of the molecule is CCCCN1C(=O)N(c2nnc(C(C)(C)C)s2)[C@H](O)[C@@H]1c1ccc(Cl)c(Cl)c1. The van der Waals surface area contributed by atoms with E-state index >= 15 is 0 Å². The lowest BCUT2D eigenvalue weighted by molar-refractivity contribution is 0.118. The standard InChI is InChI=1S/C19H24Cl2N4O2S/c1-5-6-9-24-14(11-7-8-12(20)13(21)10-11)15(26)25(18(24)27)17-23-22-16(28-17)19(2,3)4/h7-8,10,14-15,26H,5-6,9H2,1-4H3/t14-,15+/m0/s1. The molecule has 9 heteroatoms. The molecule has 0 aliphatic carbocycles. The largest absolute Gasteiger partial charge is 0.370 e. The fourth-order valence-corrected chi connectivity index (χ4v) is 4.33. The van der Waals surface area contributed by atoms with Crippen LogP contribution < -0.4 is 4.90 Å². The summed E-state index contributed by atoms with van der Waals surface area (Å²) in [7, 11) is 0. The van der Waals surface area contributed by atoms with Gasteiger partial charge in [0.25, 0.3) is 0 Å². The van der Waals surface area contributed by atoms with Crippen LogP contribution in [0.5, 0.6) is 0 Å². The van der Waals surface area contributed by atoms with Crippen molar-refractivity contribution in [3.05, 3.63) is 38.8 Å². The van der Waals surface area contributed by atoms with Crippen molar-refractivity contribution in [3.63, 3.8) is 0 Å². The summed E-state index contributed by atoms with van der Waals surface area (Å²) in [6, 6.07) is 4.33. The zero-order valence-corrected chi connectivity index (χ0v) is 18.6. The lowest BCUT2D eigenvalue weighted by Crippen LogP contribution is -2.35. The summed E-state index contributed by atoms with van der Waals surface area (Å²) in [5.41, 5.74) is 0.545. The van der Waals surface area contributed by atoms with E-state index in [1.165, 1.54) is 16.2 Å². The van der Waals surface area contributed by atoms with Crippen LogP contribution in [0.2, 0.25) is 10.0 Å². The molecule has 1 aromatic heterocycles. The predicted octanol–water partition coefficient (Wildman–Crippen LogP) is 5.24. The number of nitrogens with zero attached hydrogens (tertiary/aromatic N) is 4. The Hall–Kier alpha value is -1.41. The number of amides is 2. The third-order valence-corrected chi connectivity index (χ3v) is 6.72. The van der Waals surface area contributed by atoms with Gasteiger partial charge in [-0.2, -0.15) is 0 Å². The Morgan fingerprint density at radius 2 is 1.93 bits per heavy atom. The second-order valence-electron chi connectivity index (χ2n) is 7.87. The van der Waals surface area contributed by atoms with E-state index in [0.717, 1.165) is 23.4 Å². The predicted molar refractivity (Wildman–Crippen MR) is 113 cm³/mol. The molecule has 2 amide bonds. The molecule has 1 N–H and O–H groups in total. The normalized spacial score (nSPS) is 20.3. The summed E-state index contributed by atoms with van der Waals surface area (Å²) in [6.45, 7) is 8.69. The number of carbonyl (C=O) groups excluding carboxylic acids is 1. The molecule has 3 rings (SSSR count). The molecule has 0 bridgehead atoms. The molecule has 6 nitrogen and oxygen atoms in total. The lowest BCUT2D eigenvalue weighted by Gasteiger charge is -2.25. The fourth-order valence-electron chi connectivity index (χ4n) is 3.10. The summed E-state index contributed by atoms with van der Waals surface area (Å²) in [5.74, 6) is 0. The van der Waals surface area contributed by atoms with Gasteiger partial charge in [0, 0.05) is 12.0 Å². The summed E-state index contributed by atoms with van der Waals surface area (Å²) in [4.78, 5) is 16.2. The van der Waals surface area contributed by atoms with Gasteiger partial charge in [-0.15, -0.1) is 10.2 Å². The molecule has 2 aromatic rings. The number of aromatic nitrogens is 2. The number of urea groups is 1. The second kappa shape index (κ2) is 8.14. The highest BCUT2D eigenvalue weighted by atomic mass is 35.5. The minimum Gasteiger partial charge on any atom is -0.370 e. The maximum absolute atomic E-state index is 13.2. The zero-order valence-electron chi connectivity index (χ0n) is 16.3. The minimum absolute atomic E-state index is 0.186. The molecule has 2 heterocycles. The fraction of sp³-hybridized carbons (Fsp3) is 0.526. The Bertz CT molecular complexity index is 868. The van der Waals surface area contributed by atoms with Crippen molar-refractivity contribution < 1.29 is 9.90 Å². The van der Waals surface area contributed by atoms with E-state index in [0.29, 0.717) is 21.7 Å². The van der Waals surface area contributed by atoms with E-state index < -0.39 is 12.3 Å². The van der Waals surface area contributed by atoms with Crippen molar-refractivity contribution in [1.82, 2.24) is 15.1 Å². The zero-order chi connectivity index (χ0) is 20.6. The van der Waals surface area contributed by atoms with Crippen LogP contribution in [-0.2, 0) is 5.41 Å². The summed E-state index contributed by atoms with van der Waals surface area (Å²) in [5, 5.41) is 21.5. The number of anilines is 1. The van der Waals surface area contributed by atoms with Gasteiger partial charge < -0.3 is 10.0 Å². The van der Waals surface area contributed by atoms with Crippen molar-refractivity contribution in [2.45, 2.75) is 58.2 Å². The van der Waals surface area contributed by atoms with E-state index in [-0.39, 0.29) is 11.4 Å². The number of unbranched alkanes of at least 4 members (excludes halogenated alkanes) is 1. The quantitative estimate of drug-likeness (QED) is 0.686. The Labute approximate surface area is 179 Å². The molecule has 1 aliphatic heterocycles. The first-order valence-electron chi connectivity index (χ1n) is 9.22. The smallest absolute Gasteiger partial charge is 0.329 e. The van der Waals surface area contributed by atoms with Crippen LogP contribution in [0.3, 0.4) is 0 Å². The first-order valence-corrected chi connectivity index (χ1v) is 10.8. The van der Waals surface area contributed by atoms with E-state index in [1.807, 2.05) is 20.8 Å². The maximum Gasteiger partial charge on any atom is 0.329 e. The van der Waals surface area contributed by atoms with Crippen LogP contribution in [-0.4, -0.2) is 39.0 Å². The molecule has 1 fully saturated rings. The average Bonchev–Trinajstić information content (AvgIpc) is 3.19. The third kappa shape index (κ3) is 3.99. The Kier molecular flexibility index (Phi) is 6.20. The second-order valence-corrected chi connectivity index (χ2v) is 9.64. The monoisotopic (exact) mass is 442 g/mol. The number of hydrogen-bond acceptors (Lipinski definition) is 5. The number of carbonyl (C=O) groups is 1. The molecule has 0 saturated carbocycles. The Morgan fingerprint density at radius 1 is 1.21 bits per heavy atom. The van der Waals surface area contributed by atoms with Gasteiger partial charge in [0.05, 0.1) is 10.0 Å². The molecular formula is C19H24Cl2N4O2S. The van der Waals surface area contributed by atoms with Crippen LogP contribution in [0.15, 0.2) is 18.2 Å². The number of benzene rings is 1. The van der Waals surface area contributed by atoms with Crippen molar-refractivity contribution >= 4 is 45.7 Å². The van der Waals surface area contributed by atoms with E-state index in [9.17, 15) is 9.90 Å². The summed E-state index contributed by atoms with van der Waals surface area (Å²) < 4.78 is 0. The van der Waals surface area contributed by atoms with Crippen LogP contribution in [0.1, 0.15) is 57.1 Å². The van der Waals surface area contributed by atoms with Crippen LogP contribution in [0, 0.1) is 0 Å². The summed E-state index contributed by atoms with van der Waals surface area (Å²) >= 11 is 13.5. The maximum atomic E-state index is 13.2. The first-order chi connectivity index (χ1) is 13.1.